The minimum atomic E-state index is -0.502. The van der Waals surface area contributed by atoms with Crippen LogP contribution >= 0.6 is 12.2 Å². The van der Waals surface area contributed by atoms with Gasteiger partial charge in [-0.2, -0.15) is 4.57 Å². The van der Waals surface area contributed by atoms with E-state index in [-0.39, 0.29) is 28.7 Å². The number of anilines is 1. The van der Waals surface area contributed by atoms with E-state index in [9.17, 15) is 20.3 Å². The topological polar surface area (TPSA) is 99.5 Å². The van der Waals surface area contributed by atoms with Crippen molar-refractivity contribution in [2.45, 2.75) is 20.5 Å². The van der Waals surface area contributed by atoms with Crippen molar-refractivity contribution in [2.24, 2.45) is 0 Å². The van der Waals surface area contributed by atoms with Gasteiger partial charge in [0.1, 0.15) is 0 Å². The normalized spacial score (nSPS) is 11.6. The quantitative estimate of drug-likeness (QED) is 0.133. The number of hydrogen-bond donors (Lipinski definition) is 3. The van der Waals surface area contributed by atoms with E-state index in [4.69, 9.17) is 12.2 Å². The molecular formula is C23H22N3O4S+. The van der Waals surface area contributed by atoms with Crippen molar-refractivity contribution < 1.29 is 19.7 Å². The Kier molecular flexibility index (Phi) is 6.74. The third-order valence-electron chi connectivity index (χ3n) is 4.73. The first kappa shape index (κ1) is 22.1. The number of rotatable bonds is 6. The van der Waals surface area contributed by atoms with E-state index in [1.54, 1.807) is 29.1 Å². The zero-order valence-electron chi connectivity index (χ0n) is 17.1. The standard InChI is InChI=1S/C23H21N3O4S/c1-15-5-6-16(2)20(12-15)24-23(31)21(25-11-3-4-17(13-25)14-27)22(28)18-7-9-19(10-8-18)26(29)30/h3-13,27H,14H2,1-2H3,(H-,24,28,31)/p+1. The van der Waals surface area contributed by atoms with Gasteiger partial charge in [0.15, 0.2) is 23.1 Å². The summed E-state index contributed by atoms with van der Waals surface area (Å²) in [7, 11) is 0. The number of benzene rings is 2. The van der Waals surface area contributed by atoms with E-state index >= 15 is 0 Å². The van der Waals surface area contributed by atoms with Crippen molar-refractivity contribution in [3.05, 3.63) is 99.4 Å². The van der Waals surface area contributed by atoms with E-state index in [1.165, 1.54) is 24.3 Å². The van der Waals surface area contributed by atoms with Crippen LogP contribution in [-0.4, -0.2) is 20.1 Å². The van der Waals surface area contributed by atoms with Gasteiger partial charge >= 0.3 is 0 Å². The third kappa shape index (κ3) is 5.11. The van der Waals surface area contributed by atoms with E-state index in [1.807, 2.05) is 32.0 Å². The van der Waals surface area contributed by atoms with Crippen molar-refractivity contribution >= 4 is 40.0 Å². The number of nitrogens with one attached hydrogen (secondary N) is 1. The van der Waals surface area contributed by atoms with Gasteiger partial charge in [-0.1, -0.05) is 24.4 Å². The molecule has 7 nitrogen and oxygen atoms in total. The Balaban J connectivity index is 2.11. The smallest absolute Gasteiger partial charge is 0.288 e. The average molecular weight is 437 g/mol. The molecule has 3 N–H and O–H groups in total. The number of thiocarbonyl (C=S) groups is 1. The Hall–Kier alpha value is -3.62. The molecule has 31 heavy (non-hydrogen) atoms. The number of non-ortho nitro benzene ring substituents is 1. The maximum atomic E-state index is 11.1. The molecule has 158 valence electrons. The molecule has 3 rings (SSSR count). The molecular weight excluding hydrogens is 414 g/mol. The molecule has 0 amide bonds. The van der Waals surface area contributed by atoms with Gasteiger partial charge in [0.2, 0.25) is 0 Å². The fourth-order valence-corrected chi connectivity index (χ4v) is 3.35. The maximum Gasteiger partial charge on any atom is 0.288 e. The lowest BCUT2D eigenvalue weighted by molar-refractivity contribution is -0.576. The number of aliphatic hydroxyl groups excluding tert-OH is 2. The number of aromatic nitrogens is 1. The number of hydrogen-bond acceptors (Lipinski definition) is 5. The Bertz CT molecular complexity index is 1170. The van der Waals surface area contributed by atoms with Crippen molar-refractivity contribution in [3.63, 3.8) is 0 Å². The molecule has 0 atom stereocenters. The molecule has 0 spiro atoms. The van der Waals surface area contributed by atoms with Gasteiger partial charge in [-0.05, 0) is 49.2 Å². The van der Waals surface area contributed by atoms with Gasteiger partial charge in [0.25, 0.3) is 11.4 Å². The molecule has 8 heteroatoms. The molecule has 0 saturated heterocycles. The Morgan fingerprint density at radius 1 is 1.16 bits per heavy atom. The number of aryl methyl sites for hydroxylation is 2. The first-order valence-corrected chi connectivity index (χ1v) is 9.89. The Morgan fingerprint density at radius 3 is 2.52 bits per heavy atom. The van der Waals surface area contributed by atoms with Crippen LogP contribution in [0.1, 0.15) is 22.3 Å². The highest BCUT2D eigenvalue weighted by Gasteiger charge is 2.25. The highest BCUT2D eigenvalue weighted by Crippen LogP contribution is 2.23. The van der Waals surface area contributed by atoms with Gasteiger partial charge in [-0.15, -0.1) is 0 Å². The molecule has 0 radical (unpaired) electrons. The lowest BCUT2D eigenvalue weighted by Gasteiger charge is -2.13. The number of aliphatic hydroxyl groups is 2. The molecule has 0 fully saturated rings. The Morgan fingerprint density at radius 2 is 1.87 bits per heavy atom. The third-order valence-corrected chi connectivity index (χ3v) is 5.03. The summed E-state index contributed by atoms with van der Waals surface area (Å²) in [5, 5.41) is 34.8. The zero-order chi connectivity index (χ0) is 22.5. The molecule has 0 aliphatic carbocycles. The van der Waals surface area contributed by atoms with Crippen LogP contribution in [0.3, 0.4) is 0 Å². The second-order valence-corrected chi connectivity index (χ2v) is 7.46. The minimum Gasteiger partial charge on any atom is -0.502 e. The molecule has 0 unspecified atom stereocenters. The largest absolute Gasteiger partial charge is 0.502 e. The van der Waals surface area contributed by atoms with Gasteiger partial charge in [0.05, 0.1) is 11.5 Å². The second kappa shape index (κ2) is 9.46. The number of pyridine rings is 1. The van der Waals surface area contributed by atoms with Crippen molar-refractivity contribution in [3.8, 4) is 0 Å². The molecule has 3 aromatic rings. The molecule has 0 bridgehead atoms. The molecule has 0 aliphatic heterocycles. The summed E-state index contributed by atoms with van der Waals surface area (Å²) in [5.41, 5.74) is 4.04. The number of nitro benzene ring substituents is 1. The van der Waals surface area contributed by atoms with Gasteiger partial charge in [-0.25, -0.2) is 0 Å². The van der Waals surface area contributed by atoms with E-state index in [0.29, 0.717) is 11.1 Å². The van der Waals surface area contributed by atoms with Gasteiger partial charge in [-0.3, -0.25) is 10.1 Å². The highest BCUT2D eigenvalue weighted by molar-refractivity contribution is 7.81. The number of nitro groups is 1. The van der Waals surface area contributed by atoms with Crippen LogP contribution in [0.25, 0.3) is 11.5 Å². The summed E-state index contributed by atoms with van der Waals surface area (Å²) in [6.45, 7) is 3.74. The van der Waals surface area contributed by atoms with Crippen LogP contribution in [-0.2, 0) is 6.61 Å². The van der Waals surface area contributed by atoms with Crippen LogP contribution < -0.4 is 9.88 Å². The summed E-state index contributed by atoms with van der Waals surface area (Å²) < 4.78 is 1.61. The summed E-state index contributed by atoms with van der Waals surface area (Å²) in [6, 6.07) is 15.0. The average Bonchev–Trinajstić information content (AvgIpc) is 2.76. The molecule has 0 aliphatic rings. The van der Waals surface area contributed by atoms with Crippen LogP contribution in [0.2, 0.25) is 0 Å². The van der Waals surface area contributed by atoms with E-state index in [0.717, 1.165) is 16.8 Å². The van der Waals surface area contributed by atoms with Crippen LogP contribution in [0.5, 0.6) is 0 Å². The predicted molar refractivity (Wildman–Crippen MR) is 124 cm³/mol. The van der Waals surface area contributed by atoms with Gasteiger partial charge < -0.3 is 15.5 Å². The van der Waals surface area contributed by atoms with Crippen LogP contribution in [0, 0.1) is 24.0 Å². The lowest BCUT2D eigenvalue weighted by atomic mass is 10.1. The second-order valence-electron chi connectivity index (χ2n) is 7.05. The molecule has 1 aromatic heterocycles. The first-order valence-electron chi connectivity index (χ1n) is 9.48. The fourth-order valence-electron chi connectivity index (χ4n) is 3.03. The summed E-state index contributed by atoms with van der Waals surface area (Å²) in [6.07, 6.45) is 3.36. The van der Waals surface area contributed by atoms with Crippen LogP contribution in [0.15, 0.2) is 67.0 Å². The molecule has 0 saturated carbocycles. The minimum absolute atomic E-state index is 0.0795. The number of nitrogens with zero attached hydrogens (tertiary/aromatic N) is 2. The van der Waals surface area contributed by atoms with Crippen molar-refractivity contribution in [1.82, 2.24) is 0 Å². The van der Waals surface area contributed by atoms with E-state index in [2.05, 4.69) is 5.32 Å². The summed E-state index contributed by atoms with van der Waals surface area (Å²) >= 11 is 5.64. The summed E-state index contributed by atoms with van der Waals surface area (Å²) in [5.74, 6) is -0.155. The maximum absolute atomic E-state index is 11.1. The monoisotopic (exact) mass is 436 g/mol. The SMILES string of the molecule is Cc1ccc(C)c(NC(=S)/C(=C(\O)c2ccc([N+](=O)[O-])cc2)[n+]2cccc(CO)c2)c1. The van der Waals surface area contributed by atoms with Crippen molar-refractivity contribution in [1.29, 1.82) is 0 Å². The zero-order valence-corrected chi connectivity index (χ0v) is 17.9. The molecule has 2 aromatic carbocycles. The Labute approximate surface area is 185 Å². The predicted octanol–water partition coefficient (Wildman–Crippen LogP) is 4.31. The van der Waals surface area contributed by atoms with Gasteiger partial charge in [0, 0.05) is 35.0 Å². The van der Waals surface area contributed by atoms with Crippen molar-refractivity contribution in [2.75, 3.05) is 5.32 Å². The fraction of sp³-hybridized carbons (Fsp3) is 0.130. The highest BCUT2D eigenvalue weighted by atomic mass is 32.1. The lowest BCUT2D eigenvalue weighted by Crippen LogP contribution is -2.39. The van der Waals surface area contributed by atoms with E-state index < -0.39 is 4.92 Å². The summed E-state index contributed by atoms with van der Waals surface area (Å²) in [4.78, 5) is 10.7. The molecule has 1 heterocycles. The van der Waals surface area contributed by atoms with Crippen LogP contribution in [0.4, 0.5) is 11.4 Å². The first-order chi connectivity index (χ1) is 14.8.